The normalized spacial score (nSPS) is 27.2. The van der Waals surface area contributed by atoms with Gasteiger partial charge in [-0.2, -0.15) is 0 Å². The van der Waals surface area contributed by atoms with E-state index in [4.69, 9.17) is 11.6 Å². The molecule has 1 amide bonds. The van der Waals surface area contributed by atoms with E-state index in [1.807, 2.05) is 0 Å². The van der Waals surface area contributed by atoms with Crippen molar-refractivity contribution in [2.75, 3.05) is 16.8 Å². The second-order valence-corrected chi connectivity index (χ2v) is 10.8. The molecule has 9 heteroatoms. The van der Waals surface area contributed by atoms with E-state index in [9.17, 15) is 13.2 Å². The number of amidine groups is 1. The molecule has 1 saturated heterocycles. The Morgan fingerprint density at radius 2 is 2.00 bits per heavy atom. The second-order valence-electron chi connectivity index (χ2n) is 7.01. The average Bonchev–Trinajstić information content (AvgIpc) is 3.24. The summed E-state index contributed by atoms with van der Waals surface area (Å²) in [4.78, 5) is 16.9. The number of fused-ring (bicyclic) bond motifs is 1. The second kappa shape index (κ2) is 7.05. The van der Waals surface area contributed by atoms with Gasteiger partial charge < -0.3 is 10.6 Å². The van der Waals surface area contributed by atoms with Gasteiger partial charge in [-0.15, -0.1) is 0 Å². The Morgan fingerprint density at radius 3 is 2.73 bits per heavy atom. The number of halogens is 1. The maximum absolute atomic E-state index is 12.4. The van der Waals surface area contributed by atoms with Crippen LogP contribution in [0.1, 0.15) is 36.0 Å². The van der Waals surface area contributed by atoms with Crippen molar-refractivity contribution < 1.29 is 13.2 Å². The third-order valence-electron chi connectivity index (χ3n) is 4.98. The number of sulfone groups is 1. The van der Waals surface area contributed by atoms with Gasteiger partial charge >= 0.3 is 0 Å². The minimum Gasteiger partial charge on any atom is -0.349 e. The van der Waals surface area contributed by atoms with Gasteiger partial charge in [0.05, 0.1) is 28.3 Å². The van der Waals surface area contributed by atoms with Crippen LogP contribution in [0.15, 0.2) is 23.2 Å². The number of anilines is 1. The number of nitrogens with zero attached hydrogens (tertiary/aromatic N) is 1. The first-order chi connectivity index (χ1) is 12.4. The van der Waals surface area contributed by atoms with Gasteiger partial charge in [0.1, 0.15) is 0 Å². The zero-order valence-corrected chi connectivity index (χ0v) is 16.5. The highest BCUT2D eigenvalue weighted by atomic mass is 35.5. The zero-order valence-electron chi connectivity index (χ0n) is 14.1. The lowest BCUT2D eigenvalue weighted by atomic mass is 10.1. The first kappa shape index (κ1) is 18.1. The topological polar surface area (TPSA) is 87.6 Å². The molecule has 2 aliphatic heterocycles. The van der Waals surface area contributed by atoms with Gasteiger partial charge in [-0.3, -0.25) is 9.79 Å². The lowest BCUT2D eigenvalue weighted by Gasteiger charge is -2.14. The van der Waals surface area contributed by atoms with E-state index in [-0.39, 0.29) is 34.7 Å². The first-order valence-corrected chi connectivity index (χ1v) is 11.8. The number of nitrogens with one attached hydrogen (secondary N) is 2. The highest BCUT2D eigenvalue weighted by molar-refractivity contribution is 8.15. The molecule has 140 valence electrons. The van der Waals surface area contributed by atoms with Crippen LogP contribution in [0.4, 0.5) is 5.69 Å². The van der Waals surface area contributed by atoms with Gasteiger partial charge in [0.15, 0.2) is 15.0 Å². The van der Waals surface area contributed by atoms with Crippen molar-refractivity contribution in [1.29, 1.82) is 0 Å². The summed E-state index contributed by atoms with van der Waals surface area (Å²) in [5.41, 5.74) is 1.16. The maximum Gasteiger partial charge on any atom is 0.251 e. The fraction of sp³-hybridized carbons (Fsp3) is 0.529. The molecule has 4 rings (SSSR count). The molecule has 0 radical (unpaired) electrons. The Morgan fingerprint density at radius 1 is 1.23 bits per heavy atom. The summed E-state index contributed by atoms with van der Waals surface area (Å²) in [6.45, 7) is 0. The van der Waals surface area contributed by atoms with Crippen molar-refractivity contribution >= 4 is 50.0 Å². The van der Waals surface area contributed by atoms with Crippen LogP contribution in [0.25, 0.3) is 0 Å². The molecular formula is C17H20ClN3O3S2. The third kappa shape index (κ3) is 3.87. The van der Waals surface area contributed by atoms with Crippen molar-refractivity contribution in [3.05, 3.63) is 28.8 Å². The van der Waals surface area contributed by atoms with E-state index >= 15 is 0 Å². The molecule has 0 bridgehead atoms. The highest BCUT2D eigenvalue weighted by Crippen LogP contribution is 2.35. The van der Waals surface area contributed by atoms with Gasteiger partial charge in [-0.05, 0) is 31.0 Å². The van der Waals surface area contributed by atoms with Gasteiger partial charge in [0.25, 0.3) is 5.91 Å². The summed E-state index contributed by atoms with van der Waals surface area (Å²) < 4.78 is 23.3. The fourth-order valence-electron chi connectivity index (χ4n) is 3.63. The van der Waals surface area contributed by atoms with E-state index in [1.165, 1.54) is 11.8 Å². The van der Waals surface area contributed by atoms with Crippen LogP contribution in [0.3, 0.4) is 0 Å². The Hall–Kier alpha value is -1.25. The molecule has 2 atom stereocenters. The summed E-state index contributed by atoms with van der Waals surface area (Å²) in [5, 5.41) is 7.35. The molecule has 2 fully saturated rings. The number of hydrogen-bond acceptors (Lipinski definition) is 6. The number of aliphatic imine (C=N–C) groups is 1. The number of hydrogen-bond donors (Lipinski definition) is 2. The Labute approximate surface area is 162 Å². The van der Waals surface area contributed by atoms with Crippen LogP contribution in [-0.4, -0.2) is 48.3 Å². The molecule has 1 aromatic rings. The SMILES string of the molecule is O=C(NC1CCCC1)c1ccc(Cl)c(NC2=N[C@H]3CS(=O)(=O)C[C@@H]3S2)c1. The number of carbonyl (C=O) groups excluding carboxylic acids is 1. The molecule has 0 unspecified atom stereocenters. The Bertz CT molecular complexity index is 866. The van der Waals surface area contributed by atoms with E-state index in [0.717, 1.165) is 25.7 Å². The van der Waals surface area contributed by atoms with Crippen molar-refractivity contribution in [2.45, 2.75) is 43.0 Å². The van der Waals surface area contributed by atoms with Crippen LogP contribution >= 0.6 is 23.4 Å². The lowest BCUT2D eigenvalue weighted by Crippen LogP contribution is -2.32. The van der Waals surface area contributed by atoms with Crippen LogP contribution < -0.4 is 10.6 Å². The van der Waals surface area contributed by atoms with E-state index in [1.54, 1.807) is 18.2 Å². The monoisotopic (exact) mass is 413 g/mol. The summed E-state index contributed by atoms with van der Waals surface area (Å²) in [6.07, 6.45) is 4.38. The lowest BCUT2D eigenvalue weighted by molar-refractivity contribution is 0.0938. The van der Waals surface area contributed by atoms with E-state index in [2.05, 4.69) is 15.6 Å². The van der Waals surface area contributed by atoms with E-state index in [0.29, 0.717) is 21.4 Å². The van der Waals surface area contributed by atoms with Gasteiger partial charge in [0, 0.05) is 16.9 Å². The Kier molecular flexibility index (Phi) is 4.92. The molecule has 3 aliphatic rings. The van der Waals surface area contributed by atoms with Gasteiger partial charge in [-0.1, -0.05) is 36.2 Å². The summed E-state index contributed by atoms with van der Waals surface area (Å²) in [6, 6.07) is 5.19. The number of amides is 1. The summed E-state index contributed by atoms with van der Waals surface area (Å²) in [7, 11) is -2.97. The number of rotatable bonds is 3. The molecule has 2 heterocycles. The van der Waals surface area contributed by atoms with Gasteiger partial charge in [0.2, 0.25) is 0 Å². The Balaban J connectivity index is 1.46. The van der Waals surface area contributed by atoms with Crippen LogP contribution in [0.5, 0.6) is 0 Å². The average molecular weight is 414 g/mol. The number of thioether (sulfide) groups is 1. The molecule has 1 saturated carbocycles. The molecule has 2 N–H and O–H groups in total. The van der Waals surface area contributed by atoms with Crippen LogP contribution in [0, 0.1) is 0 Å². The molecule has 1 aliphatic carbocycles. The van der Waals surface area contributed by atoms with E-state index < -0.39 is 9.84 Å². The van der Waals surface area contributed by atoms with Crippen LogP contribution in [-0.2, 0) is 9.84 Å². The molecule has 0 aromatic heterocycles. The predicted molar refractivity (Wildman–Crippen MR) is 106 cm³/mol. The first-order valence-electron chi connectivity index (χ1n) is 8.72. The number of carbonyl (C=O) groups is 1. The van der Waals surface area contributed by atoms with Crippen molar-refractivity contribution in [1.82, 2.24) is 5.32 Å². The van der Waals surface area contributed by atoms with Crippen molar-refractivity contribution in [3.8, 4) is 0 Å². The van der Waals surface area contributed by atoms with Crippen molar-refractivity contribution in [2.24, 2.45) is 4.99 Å². The third-order valence-corrected chi connectivity index (χ3v) is 8.45. The standard InChI is InChI=1S/C17H20ClN3O3S2/c18-12-6-5-10(16(22)19-11-3-1-2-4-11)7-13(12)20-17-21-14-8-26(23,24)9-15(14)25-17/h5-7,11,14-15H,1-4,8-9H2,(H,19,22)(H,20,21)/t14-,15-/m0/s1. The quantitative estimate of drug-likeness (QED) is 0.795. The summed E-state index contributed by atoms with van der Waals surface area (Å²) >= 11 is 7.69. The maximum atomic E-state index is 12.4. The molecular weight excluding hydrogens is 394 g/mol. The predicted octanol–water partition coefficient (Wildman–Crippen LogP) is 2.69. The van der Waals surface area contributed by atoms with Gasteiger partial charge in [-0.25, -0.2) is 8.42 Å². The van der Waals surface area contributed by atoms with Crippen LogP contribution in [0.2, 0.25) is 5.02 Å². The molecule has 0 spiro atoms. The molecule has 1 aromatic carbocycles. The minimum absolute atomic E-state index is 0.0323. The fourth-order valence-corrected chi connectivity index (χ4v) is 7.47. The molecule has 26 heavy (non-hydrogen) atoms. The summed E-state index contributed by atoms with van der Waals surface area (Å²) in [5.74, 6) is 0.169. The number of benzene rings is 1. The largest absolute Gasteiger partial charge is 0.349 e. The molecule has 6 nitrogen and oxygen atoms in total. The minimum atomic E-state index is -2.97. The van der Waals surface area contributed by atoms with Crippen molar-refractivity contribution in [3.63, 3.8) is 0 Å². The zero-order chi connectivity index (χ0) is 18.3. The highest BCUT2D eigenvalue weighted by Gasteiger charge is 2.42. The smallest absolute Gasteiger partial charge is 0.251 e.